The van der Waals surface area contributed by atoms with Gasteiger partial charge in [-0.1, -0.05) is 24.6 Å². The predicted octanol–water partition coefficient (Wildman–Crippen LogP) is 4.35. The highest BCUT2D eigenvalue weighted by Crippen LogP contribution is 2.39. The molecule has 8 nitrogen and oxygen atoms in total. The minimum Gasteiger partial charge on any atom is -0.493 e. The number of methoxy groups -OCH3 is 3. The summed E-state index contributed by atoms with van der Waals surface area (Å²) < 4.78 is 18.0. The van der Waals surface area contributed by atoms with Gasteiger partial charge in [-0.05, 0) is 50.8 Å². The molecule has 0 spiro atoms. The molecule has 2 aromatic carbocycles. The first-order valence-electron chi connectivity index (χ1n) is 13.4. The summed E-state index contributed by atoms with van der Waals surface area (Å²) in [6.45, 7) is 3.05. The Hall–Kier alpha value is -3.52. The Balaban J connectivity index is 1.55. The largest absolute Gasteiger partial charge is 0.493 e. The molecule has 2 atom stereocenters. The van der Waals surface area contributed by atoms with Crippen molar-refractivity contribution in [3.63, 3.8) is 0 Å². The van der Waals surface area contributed by atoms with E-state index in [-0.39, 0.29) is 11.5 Å². The van der Waals surface area contributed by atoms with Crippen LogP contribution in [0.15, 0.2) is 47.4 Å². The lowest BCUT2D eigenvalue weighted by molar-refractivity contribution is 0.0403. The fourth-order valence-electron chi connectivity index (χ4n) is 6.29. The van der Waals surface area contributed by atoms with Crippen LogP contribution >= 0.6 is 0 Å². The summed E-state index contributed by atoms with van der Waals surface area (Å²) in [5.41, 5.74) is 0.795. The lowest BCUT2D eigenvalue weighted by atomic mass is 9.83. The molecule has 0 saturated carbocycles. The molecule has 0 radical (unpaired) electrons. The van der Waals surface area contributed by atoms with Crippen molar-refractivity contribution in [2.45, 2.75) is 38.1 Å². The minimum absolute atomic E-state index is 0.0877. The van der Waals surface area contributed by atoms with Crippen molar-refractivity contribution >= 4 is 16.7 Å². The molecule has 3 aromatic rings. The highest BCUT2D eigenvalue weighted by Gasteiger charge is 2.34. The summed E-state index contributed by atoms with van der Waals surface area (Å²) in [5.74, 6) is 1.68. The number of pyridine rings is 1. The molecule has 0 aliphatic carbocycles. The fourth-order valence-corrected chi connectivity index (χ4v) is 6.29. The SMILES string of the molecule is COc1cc(-n2cc(C(=O)N(C)C[C@@H]3CCCN4CCCC[C@H]34)c3ccccc3c2=O)cc(OC)c1OC. The van der Waals surface area contributed by atoms with Crippen molar-refractivity contribution in [3.05, 3.63) is 58.5 Å². The Morgan fingerprint density at radius 3 is 2.32 bits per heavy atom. The van der Waals surface area contributed by atoms with Gasteiger partial charge in [0.05, 0.1) is 32.6 Å². The summed E-state index contributed by atoms with van der Waals surface area (Å²) in [6, 6.07) is 11.3. The average Bonchev–Trinajstić information content (AvgIpc) is 2.96. The summed E-state index contributed by atoms with van der Waals surface area (Å²) in [7, 11) is 6.49. The van der Waals surface area contributed by atoms with Crippen molar-refractivity contribution in [3.8, 4) is 22.9 Å². The van der Waals surface area contributed by atoms with E-state index in [1.807, 2.05) is 30.1 Å². The van der Waals surface area contributed by atoms with Crippen LogP contribution in [0.1, 0.15) is 42.5 Å². The van der Waals surface area contributed by atoms with Gasteiger partial charge in [-0.2, -0.15) is 0 Å². The van der Waals surface area contributed by atoms with Crippen LogP contribution in [-0.2, 0) is 0 Å². The third-order valence-corrected chi connectivity index (χ3v) is 8.17. The minimum atomic E-state index is -0.223. The zero-order chi connectivity index (χ0) is 26.8. The van der Waals surface area contributed by atoms with E-state index in [2.05, 4.69) is 4.90 Å². The second-order valence-corrected chi connectivity index (χ2v) is 10.3. The smallest absolute Gasteiger partial charge is 0.263 e. The summed E-state index contributed by atoms with van der Waals surface area (Å²) >= 11 is 0. The van der Waals surface area contributed by atoms with Crippen LogP contribution in [-0.4, -0.2) is 74.3 Å². The Bertz CT molecular complexity index is 1360. The topological polar surface area (TPSA) is 73.2 Å². The molecule has 1 amide bonds. The molecule has 0 unspecified atom stereocenters. The van der Waals surface area contributed by atoms with Gasteiger partial charge in [0.1, 0.15) is 0 Å². The Labute approximate surface area is 223 Å². The molecule has 1 aromatic heterocycles. The van der Waals surface area contributed by atoms with Crippen molar-refractivity contribution in [1.29, 1.82) is 0 Å². The van der Waals surface area contributed by atoms with E-state index in [1.165, 1.54) is 64.7 Å². The summed E-state index contributed by atoms with van der Waals surface area (Å²) in [6.07, 6.45) is 7.72. The first-order chi connectivity index (χ1) is 18.5. The molecule has 0 bridgehead atoms. The Kier molecular flexibility index (Phi) is 7.61. The zero-order valence-electron chi connectivity index (χ0n) is 22.7. The van der Waals surface area contributed by atoms with Crippen LogP contribution in [0, 0.1) is 5.92 Å². The second-order valence-electron chi connectivity index (χ2n) is 10.3. The van der Waals surface area contributed by atoms with Gasteiger partial charge in [0.15, 0.2) is 11.5 Å². The molecule has 3 heterocycles. The van der Waals surface area contributed by atoms with Gasteiger partial charge in [0.2, 0.25) is 5.75 Å². The molecule has 2 aliphatic heterocycles. The number of benzene rings is 2. The third kappa shape index (κ3) is 4.73. The number of carbonyl (C=O) groups excluding carboxylic acids is 1. The monoisotopic (exact) mass is 519 g/mol. The molecule has 2 saturated heterocycles. The van der Waals surface area contributed by atoms with Crippen molar-refractivity contribution in [1.82, 2.24) is 14.4 Å². The third-order valence-electron chi connectivity index (χ3n) is 8.17. The maximum Gasteiger partial charge on any atom is 0.263 e. The first-order valence-corrected chi connectivity index (χ1v) is 13.4. The molecule has 202 valence electrons. The number of carbonyl (C=O) groups is 1. The van der Waals surface area contributed by atoms with Crippen LogP contribution in [0.5, 0.6) is 17.2 Å². The predicted molar refractivity (Wildman–Crippen MR) is 148 cm³/mol. The van der Waals surface area contributed by atoms with E-state index in [9.17, 15) is 9.59 Å². The number of ether oxygens (including phenoxy) is 3. The maximum atomic E-state index is 14.0. The number of nitrogens with zero attached hydrogens (tertiary/aromatic N) is 3. The number of rotatable bonds is 7. The van der Waals surface area contributed by atoms with Crippen LogP contribution < -0.4 is 19.8 Å². The zero-order valence-corrected chi connectivity index (χ0v) is 22.7. The summed E-state index contributed by atoms with van der Waals surface area (Å²) in [4.78, 5) is 32.0. The fraction of sp³-hybridized carbons (Fsp3) is 0.467. The lowest BCUT2D eigenvalue weighted by Gasteiger charge is -2.45. The number of amides is 1. The number of fused-ring (bicyclic) bond motifs is 2. The van der Waals surface area contributed by atoms with Gasteiger partial charge in [0, 0.05) is 48.7 Å². The molecule has 8 heteroatoms. The molecule has 2 fully saturated rings. The Morgan fingerprint density at radius 2 is 1.63 bits per heavy atom. The van der Waals surface area contributed by atoms with Gasteiger partial charge >= 0.3 is 0 Å². The molecule has 0 N–H and O–H groups in total. The standard InChI is InChI=1S/C30H37N3O5/c1-31(18-20-10-9-15-32-14-8-7-13-25(20)32)29(34)24-19-33(30(35)23-12-6-5-11-22(23)24)21-16-26(36-2)28(38-4)27(17-21)37-3/h5-6,11-12,16-17,19-20,25H,7-10,13-15,18H2,1-4H3/t20-,25+/m0/s1. The first kappa shape index (κ1) is 26.1. The number of piperidine rings is 2. The molecule has 2 aliphatic rings. The van der Waals surface area contributed by atoms with E-state index in [0.717, 1.165) is 6.42 Å². The van der Waals surface area contributed by atoms with Crippen LogP contribution in [0.2, 0.25) is 0 Å². The molecule has 38 heavy (non-hydrogen) atoms. The number of aromatic nitrogens is 1. The van der Waals surface area contributed by atoms with Gasteiger partial charge in [-0.25, -0.2) is 0 Å². The van der Waals surface area contributed by atoms with E-state index in [4.69, 9.17) is 14.2 Å². The average molecular weight is 520 g/mol. The number of hydrogen-bond donors (Lipinski definition) is 0. The van der Waals surface area contributed by atoms with Gasteiger partial charge in [0.25, 0.3) is 11.5 Å². The van der Waals surface area contributed by atoms with Gasteiger partial charge in [-0.3, -0.25) is 14.2 Å². The molecule has 5 rings (SSSR count). The molecular weight excluding hydrogens is 482 g/mol. The highest BCUT2D eigenvalue weighted by atomic mass is 16.5. The quantitative estimate of drug-likeness (QED) is 0.462. The van der Waals surface area contributed by atoms with Crippen molar-refractivity contribution in [2.75, 3.05) is 48.0 Å². The normalized spacial score (nSPS) is 19.6. The second kappa shape index (κ2) is 11.1. The van der Waals surface area contributed by atoms with Crippen molar-refractivity contribution < 1.29 is 19.0 Å². The van der Waals surface area contributed by atoms with Crippen LogP contribution in [0.4, 0.5) is 0 Å². The molecular formula is C30H37N3O5. The van der Waals surface area contributed by atoms with E-state index < -0.39 is 0 Å². The summed E-state index contributed by atoms with van der Waals surface area (Å²) in [5, 5.41) is 1.14. The van der Waals surface area contributed by atoms with E-state index in [1.54, 1.807) is 24.4 Å². The highest BCUT2D eigenvalue weighted by molar-refractivity contribution is 6.06. The van der Waals surface area contributed by atoms with E-state index >= 15 is 0 Å². The van der Waals surface area contributed by atoms with Crippen LogP contribution in [0.3, 0.4) is 0 Å². The Morgan fingerprint density at radius 1 is 0.947 bits per heavy atom. The van der Waals surface area contributed by atoms with Gasteiger partial charge < -0.3 is 24.0 Å². The number of hydrogen-bond acceptors (Lipinski definition) is 6. The lowest BCUT2D eigenvalue weighted by Crippen LogP contribution is -2.51. The van der Waals surface area contributed by atoms with Crippen molar-refractivity contribution in [2.24, 2.45) is 5.92 Å². The van der Waals surface area contributed by atoms with Gasteiger partial charge in [-0.15, -0.1) is 0 Å². The maximum absolute atomic E-state index is 14.0. The van der Waals surface area contributed by atoms with Crippen LogP contribution in [0.25, 0.3) is 16.5 Å². The van der Waals surface area contributed by atoms with E-state index in [0.29, 0.717) is 57.8 Å².